The average molecular weight is 326 g/mol. The topological polar surface area (TPSA) is 169 Å². The van der Waals surface area contributed by atoms with Crippen LogP contribution in [0.3, 0.4) is 0 Å². The number of nitrogens with zero attached hydrogens (tertiary/aromatic N) is 1. The Morgan fingerprint density at radius 3 is 2.67 bits per heavy atom. The van der Waals surface area contributed by atoms with Crippen LogP contribution in [-0.4, -0.2) is 42.2 Å². The van der Waals surface area contributed by atoms with Gasteiger partial charge in [-0.2, -0.15) is 13.5 Å². The Bertz CT molecular complexity index is 466. The molecule has 1 heterocycles. The van der Waals surface area contributed by atoms with E-state index in [2.05, 4.69) is 16.5 Å². The summed E-state index contributed by atoms with van der Waals surface area (Å²) in [5.74, 6) is -0.0911. The van der Waals surface area contributed by atoms with Crippen molar-refractivity contribution in [1.82, 2.24) is 10.4 Å². The molecule has 0 radical (unpaired) electrons. The van der Waals surface area contributed by atoms with Crippen LogP contribution in [0.15, 0.2) is 12.0 Å². The number of ether oxygens (including phenoxy) is 1. The zero-order valence-electron chi connectivity index (χ0n) is 11.7. The van der Waals surface area contributed by atoms with Crippen LogP contribution in [0.2, 0.25) is 0 Å². The van der Waals surface area contributed by atoms with Gasteiger partial charge in [-0.1, -0.05) is 26.2 Å². The fraction of sp³-hybridized carbons (Fsp3) is 0.700. The van der Waals surface area contributed by atoms with Crippen molar-refractivity contribution in [1.29, 1.82) is 5.41 Å². The van der Waals surface area contributed by atoms with Crippen molar-refractivity contribution in [3.8, 4) is 0 Å². The van der Waals surface area contributed by atoms with Crippen LogP contribution in [0, 0.1) is 5.41 Å². The number of nitrogens with two attached hydrogens (primary N) is 1. The van der Waals surface area contributed by atoms with Crippen molar-refractivity contribution in [3.63, 3.8) is 0 Å². The Kier molecular flexibility index (Phi) is 8.21. The van der Waals surface area contributed by atoms with E-state index in [0.29, 0.717) is 11.7 Å². The smallest absolute Gasteiger partial charge is 0.418 e. The highest BCUT2D eigenvalue weighted by molar-refractivity contribution is 7.80. The van der Waals surface area contributed by atoms with E-state index in [4.69, 9.17) is 20.4 Å². The average Bonchev–Trinajstić information content (AvgIpc) is 2.32. The highest BCUT2D eigenvalue weighted by atomic mass is 32.3. The molecule has 0 bridgehead atoms. The number of hydroxylamine groups is 2. The van der Waals surface area contributed by atoms with Crippen molar-refractivity contribution in [3.05, 3.63) is 12.0 Å². The first-order valence-corrected chi connectivity index (χ1v) is 7.61. The van der Waals surface area contributed by atoms with Crippen LogP contribution in [0.4, 0.5) is 0 Å². The van der Waals surface area contributed by atoms with Gasteiger partial charge in [0, 0.05) is 6.08 Å². The Morgan fingerprint density at radius 1 is 1.48 bits per heavy atom. The van der Waals surface area contributed by atoms with Gasteiger partial charge in [0.2, 0.25) is 0 Å². The maximum Gasteiger partial charge on any atom is 0.418 e. The minimum Gasteiger partial charge on any atom is -0.479 e. The van der Waals surface area contributed by atoms with Gasteiger partial charge < -0.3 is 15.5 Å². The minimum atomic E-state index is -4.74. The molecular formula is C10H22N4O6S. The summed E-state index contributed by atoms with van der Waals surface area (Å²) in [6, 6.07) is 0. The molecule has 1 aliphatic heterocycles. The molecule has 0 saturated heterocycles. The summed E-state index contributed by atoms with van der Waals surface area (Å²) in [7, 11) is -4.74. The van der Waals surface area contributed by atoms with Gasteiger partial charge in [-0.15, -0.1) is 4.28 Å². The summed E-state index contributed by atoms with van der Waals surface area (Å²) in [5, 5.41) is 10.7. The van der Waals surface area contributed by atoms with Crippen molar-refractivity contribution in [2.24, 2.45) is 5.73 Å². The molecule has 1 rings (SSSR count). The molecule has 124 valence electrons. The first kappa shape index (κ1) is 19.6. The number of rotatable bonds is 8. The Morgan fingerprint density at radius 2 is 2.14 bits per heavy atom. The number of amidine groups is 1. The van der Waals surface area contributed by atoms with E-state index >= 15 is 0 Å². The summed E-state index contributed by atoms with van der Waals surface area (Å²) in [6.45, 7) is 2.58. The molecule has 1 atom stereocenters. The first-order chi connectivity index (χ1) is 9.33. The largest absolute Gasteiger partial charge is 0.479 e. The molecule has 0 aromatic heterocycles. The fourth-order valence-corrected chi connectivity index (χ4v) is 1.94. The third-order valence-electron chi connectivity index (χ3n) is 2.48. The lowest BCUT2D eigenvalue weighted by Gasteiger charge is -2.32. The highest BCUT2D eigenvalue weighted by Crippen LogP contribution is 2.10. The van der Waals surface area contributed by atoms with Crippen LogP contribution in [0.25, 0.3) is 0 Å². The molecule has 1 aliphatic rings. The van der Waals surface area contributed by atoms with E-state index in [-0.39, 0.29) is 17.2 Å². The molecule has 0 aliphatic carbocycles. The van der Waals surface area contributed by atoms with Gasteiger partial charge in [-0.3, -0.25) is 15.7 Å². The van der Waals surface area contributed by atoms with Gasteiger partial charge >= 0.3 is 10.4 Å². The lowest BCUT2D eigenvalue weighted by molar-refractivity contribution is -0.0430. The Balaban J connectivity index is 0.00000400. The fourth-order valence-electron chi connectivity index (χ4n) is 1.57. The third kappa shape index (κ3) is 7.24. The van der Waals surface area contributed by atoms with Crippen LogP contribution in [0.5, 0.6) is 0 Å². The third-order valence-corrected chi connectivity index (χ3v) is 2.83. The highest BCUT2D eigenvalue weighted by Gasteiger charge is 2.28. The molecule has 0 saturated carbocycles. The summed E-state index contributed by atoms with van der Waals surface area (Å²) in [4.78, 5) is 0. The molecule has 0 aromatic rings. The molecule has 0 fully saturated rings. The predicted molar refractivity (Wildman–Crippen MR) is 75.1 cm³/mol. The zero-order chi connectivity index (χ0) is 15.2. The molecular weight excluding hydrogens is 304 g/mol. The second-order valence-corrected chi connectivity index (χ2v) is 5.22. The molecule has 10 nitrogen and oxygen atoms in total. The van der Waals surface area contributed by atoms with Crippen molar-refractivity contribution in [2.45, 2.75) is 38.9 Å². The summed E-state index contributed by atoms with van der Waals surface area (Å²) >= 11 is 0. The van der Waals surface area contributed by atoms with E-state index in [9.17, 15) is 8.42 Å². The second kappa shape index (κ2) is 8.79. The minimum absolute atomic E-state index is 0. The molecule has 21 heavy (non-hydrogen) atoms. The SMILES string of the molecule is CCCCCCOC1=CC(=N)N(OS(=O)(=O)O)C(N)N1.O. The number of hydrogen-bond donors (Lipinski definition) is 4. The summed E-state index contributed by atoms with van der Waals surface area (Å²) in [6.07, 6.45) is 4.24. The molecule has 0 spiro atoms. The molecule has 11 heteroatoms. The monoisotopic (exact) mass is 326 g/mol. The van der Waals surface area contributed by atoms with Crippen molar-refractivity contribution >= 4 is 16.2 Å². The zero-order valence-corrected chi connectivity index (χ0v) is 12.5. The van der Waals surface area contributed by atoms with Gasteiger partial charge in [0.25, 0.3) is 0 Å². The molecule has 0 aromatic carbocycles. The van der Waals surface area contributed by atoms with Crippen LogP contribution < -0.4 is 11.1 Å². The van der Waals surface area contributed by atoms with Crippen molar-refractivity contribution < 1.29 is 27.5 Å². The van der Waals surface area contributed by atoms with Crippen LogP contribution >= 0.6 is 0 Å². The number of hydrogen-bond acceptors (Lipinski definition) is 7. The maximum absolute atomic E-state index is 10.6. The number of nitrogens with one attached hydrogen (secondary N) is 2. The van der Waals surface area contributed by atoms with Gasteiger partial charge in [-0.05, 0) is 6.42 Å². The van der Waals surface area contributed by atoms with Crippen LogP contribution in [-0.2, 0) is 19.4 Å². The van der Waals surface area contributed by atoms with E-state index in [1.165, 1.54) is 6.08 Å². The first-order valence-electron chi connectivity index (χ1n) is 6.25. The quantitative estimate of drug-likeness (QED) is 0.340. The lowest BCUT2D eigenvalue weighted by atomic mass is 10.2. The van der Waals surface area contributed by atoms with Gasteiger partial charge in [0.1, 0.15) is 0 Å². The number of unbranched alkanes of at least 4 members (excludes halogenated alkanes) is 3. The normalized spacial score (nSPS) is 18.6. The van der Waals surface area contributed by atoms with E-state index in [1.807, 2.05) is 0 Å². The molecule has 1 unspecified atom stereocenters. The van der Waals surface area contributed by atoms with E-state index < -0.39 is 16.7 Å². The molecule has 7 N–H and O–H groups in total. The van der Waals surface area contributed by atoms with Gasteiger partial charge in [0.15, 0.2) is 18.0 Å². The lowest BCUT2D eigenvalue weighted by Crippen LogP contribution is -2.57. The second-order valence-electron chi connectivity index (χ2n) is 4.22. The maximum atomic E-state index is 10.6. The van der Waals surface area contributed by atoms with E-state index in [1.54, 1.807) is 0 Å². The summed E-state index contributed by atoms with van der Waals surface area (Å²) < 4.78 is 39.3. The molecule has 0 amide bonds. The van der Waals surface area contributed by atoms with Gasteiger partial charge in [0.05, 0.1) is 6.61 Å². The summed E-state index contributed by atoms with van der Waals surface area (Å²) in [5.41, 5.74) is 5.57. The van der Waals surface area contributed by atoms with E-state index in [0.717, 1.165) is 25.7 Å². The predicted octanol–water partition coefficient (Wildman–Crippen LogP) is -0.541. The Hall–Kier alpha value is -1.40. The van der Waals surface area contributed by atoms with Crippen molar-refractivity contribution in [2.75, 3.05) is 6.61 Å². The Labute approximate surface area is 123 Å². The van der Waals surface area contributed by atoms with Gasteiger partial charge in [-0.25, -0.2) is 0 Å². The van der Waals surface area contributed by atoms with Crippen LogP contribution in [0.1, 0.15) is 32.6 Å². The standard InChI is InChI=1S/C10H20N4O5S.H2O/c1-2-3-4-5-6-18-9-7-8(11)14(10(12)13-9)19-20(15,16)17;/h7,10-11,13H,2-6,12H2,1H3,(H,15,16,17);1H2.